The van der Waals surface area contributed by atoms with Crippen molar-refractivity contribution < 1.29 is 9.13 Å². The Kier molecular flexibility index (Phi) is 6.54. The summed E-state index contributed by atoms with van der Waals surface area (Å²) in [4.78, 5) is 20.1. The average Bonchev–Trinajstić information content (AvgIpc) is 2.82. The van der Waals surface area contributed by atoms with Crippen molar-refractivity contribution in [2.75, 3.05) is 25.1 Å². The average molecular weight is 448 g/mol. The first-order valence-corrected chi connectivity index (χ1v) is 10.8. The molecule has 8 heteroatoms. The summed E-state index contributed by atoms with van der Waals surface area (Å²) in [5, 5.41) is 9.12. The van der Waals surface area contributed by atoms with Gasteiger partial charge in [-0.3, -0.25) is 4.79 Å². The molecular weight excluding hydrogens is 421 g/mol. The van der Waals surface area contributed by atoms with Gasteiger partial charge in [-0.15, -0.1) is 0 Å². The van der Waals surface area contributed by atoms with Crippen LogP contribution < -0.4 is 16.2 Å². The molecule has 1 aliphatic rings. The lowest BCUT2D eigenvalue weighted by molar-refractivity contribution is 0.185. The van der Waals surface area contributed by atoms with E-state index in [1.807, 2.05) is 35.2 Å². The van der Waals surface area contributed by atoms with Crippen LogP contribution in [-0.2, 0) is 18.4 Å². The molecule has 0 saturated carbocycles. The molecule has 3 aromatic rings. The molecule has 0 bridgehead atoms. The largest absolute Gasteiger partial charge is 0.380 e. The van der Waals surface area contributed by atoms with E-state index in [2.05, 4.69) is 0 Å². The quantitative estimate of drug-likeness (QED) is 0.645. The molecule has 170 valence electrons. The van der Waals surface area contributed by atoms with E-state index in [0.29, 0.717) is 42.5 Å². The van der Waals surface area contributed by atoms with Gasteiger partial charge in [0.25, 0.3) is 5.56 Å². The molecule has 4 rings (SSSR count). The number of nitriles is 1. The Bertz CT molecular complexity index is 1260. The number of halogens is 1. The van der Waals surface area contributed by atoms with Gasteiger partial charge >= 0.3 is 0 Å². The van der Waals surface area contributed by atoms with Gasteiger partial charge in [0, 0.05) is 44.4 Å². The molecule has 1 aromatic heterocycles. The second-order valence-electron chi connectivity index (χ2n) is 8.26. The second-order valence-corrected chi connectivity index (χ2v) is 8.26. The van der Waals surface area contributed by atoms with Crippen LogP contribution in [0.2, 0.25) is 0 Å². The summed E-state index contributed by atoms with van der Waals surface area (Å²) in [5.74, 6) is -0.304. The number of anilines is 1. The third-order valence-electron chi connectivity index (χ3n) is 6.01. The first kappa shape index (κ1) is 22.6. The van der Waals surface area contributed by atoms with Crippen LogP contribution in [0.4, 0.5) is 10.2 Å². The van der Waals surface area contributed by atoms with Crippen LogP contribution in [0.5, 0.6) is 0 Å². The van der Waals surface area contributed by atoms with Crippen LogP contribution in [-0.4, -0.2) is 35.8 Å². The number of benzene rings is 2. The van der Waals surface area contributed by atoms with E-state index < -0.39 is 5.82 Å². The highest BCUT2D eigenvalue weighted by Gasteiger charge is 2.24. The van der Waals surface area contributed by atoms with Gasteiger partial charge in [0.2, 0.25) is 0 Å². The first-order chi connectivity index (χ1) is 15.9. The van der Waals surface area contributed by atoms with Crippen molar-refractivity contribution in [1.29, 1.82) is 5.26 Å². The topological polar surface area (TPSA) is 97.2 Å². The van der Waals surface area contributed by atoms with Crippen molar-refractivity contribution in [1.82, 2.24) is 9.55 Å². The van der Waals surface area contributed by atoms with Gasteiger partial charge in [0.15, 0.2) is 5.82 Å². The Morgan fingerprint density at radius 1 is 1.18 bits per heavy atom. The SMILES string of the molecule is COCc1ccc(-c2c(-c3ccc(C#N)c(F)c3)nc(N3CCC(N)CC3)c(=O)n2C)cc1. The molecule has 0 spiro atoms. The van der Waals surface area contributed by atoms with E-state index in [1.54, 1.807) is 24.8 Å². The fourth-order valence-electron chi connectivity index (χ4n) is 4.14. The molecule has 33 heavy (non-hydrogen) atoms. The smallest absolute Gasteiger partial charge is 0.293 e. The number of nitrogens with zero attached hydrogens (tertiary/aromatic N) is 4. The zero-order valence-corrected chi connectivity index (χ0v) is 18.7. The van der Waals surface area contributed by atoms with E-state index >= 15 is 0 Å². The molecule has 2 aromatic carbocycles. The van der Waals surface area contributed by atoms with Crippen molar-refractivity contribution in [2.24, 2.45) is 12.8 Å². The molecular formula is C25H26FN5O2. The van der Waals surface area contributed by atoms with Crippen molar-refractivity contribution >= 4 is 5.82 Å². The second kappa shape index (κ2) is 9.53. The Labute approximate surface area is 191 Å². The van der Waals surface area contributed by atoms with Gasteiger partial charge in [-0.25, -0.2) is 9.37 Å². The first-order valence-electron chi connectivity index (χ1n) is 10.8. The monoisotopic (exact) mass is 447 g/mol. The summed E-state index contributed by atoms with van der Waals surface area (Å²) >= 11 is 0. The summed E-state index contributed by atoms with van der Waals surface area (Å²) in [6.45, 7) is 1.74. The predicted octanol–water partition coefficient (Wildman–Crippen LogP) is 3.20. The van der Waals surface area contributed by atoms with E-state index in [-0.39, 0.29) is 17.2 Å². The highest BCUT2D eigenvalue weighted by molar-refractivity contribution is 5.79. The zero-order valence-electron chi connectivity index (χ0n) is 18.7. The van der Waals surface area contributed by atoms with Crippen LogP contribution in [0, 0.1) is 17.1 Å². The molecule has 7 nitrogen and oxygen atoms in total. The minimum atomic E-state index is -0.627. The Balaban J connectivity index is 1.91. The van der Waals surface area contributed by atoms with Crippen molar-refractivity contribution in [3.8, 4) is 28.6 Å². The Morgan fingerprint density at radius 2 is 1.85 bits per heavy atom. The van der Waals surface area contributed by atoms with Crippen molar-refractivity contribution in [2.45, 2.75) is 25.5 Å². The van der Waals surface area contributed by atoms with Crippen LogP contribution >= 0.6 is 0 Å². The summed E-state index contributed by atoms with van der Waals surface area (Å²) in [6.07, 6.45) is 1.54. The Hall–Kier alpha value is -3.54. The number of nitrogens with two attached hydrogens (primary N) is 1. The van der Waals surface area contributed by atoms with E-state index in [1.165, 1.54) is 12.1 Å². The molecule has 1 aliphatic heterocycles. The number of piperidine rings is 1. The van der Waals surface area contributed by atoms with Gasteiger partial charge in [-0.05, 0) is 30.5 Å². The summed E-state index contributed by atoms with van der Waals surface area (Å²) < 4.78 is 21.3. The molecule has 1 saturated heterocycles. The normalized spacial score (nSPS) is 14.3. The number of aromatic nitrogens is 2. The minimum absolute atomic E-state index is 0.0423. The lowest BCUT2D eigenvalue weighted by Crippen LogP contribution is -2.43. The highest BCUT2D eigenvalue weighted by Crippen LogP contribution is 2.32. The fourth-order valence-corrected chi connectivity index (χ4v) is 4.14. The highest BCUT2D eigenvalue weighted by atomic mass is 19.1. The van der Waals surface area contributed by atoms with Crippen LogP contribution in [0.1, 0.15) is 24.0 Å². The fraction of sp³-hybridized carbons (Fsp3) is 0.320. The number of methoxy groups -OCH3 is 1. The van der Waals surface area contributed by atoms with E-state index in [9.17, 15) is 9.18 Å². The van der Waals surface area contributed by atoms with Crippen LogP contribution in [0.3, 0.4) is 0 Å². The molecule has 0 radical (unpaired) electrons. The molecule has 0 aliphatic carbocycles. The summed E-state index contributed by atoms with van der Waals surface area (Å²) in [5.41, 5.74) is 9.08. The molecule has 0 amide bonds. The molecule has 0 atom stereocenters. The van der Waals surface area contributed by atoms with Crippen LogP contribution in [0.25, 0.3) is 22.5 Å². The van der Waals surface area contributed by atoms with Gasteiger partial charge in [-0.1, -0.05) is 30.3 Å². The Morgan fingerprint density at radius 3 is 2.45 bits per heavy atom. The lowest BCUT2D eigenvalue weighted by atomic mass is 10.0. The summed E-state index contributed by atoms with van der Waals surface area (Å²) in [6, 6.07) is 14.0. The minimum Gasteiger partial charge on any atom is -0.380 e. The summed E-state index contributed by atoms with van der Waals surface area (Å²) in [7, 11) is 3.33. The third kappa shape index (κ3) is 4.51. The predicted molar refractivity (Wildman–Crippen MR) is 125 cm³/mol. The number of hydrogen-bond donors (Lipinski definition) is 1. The van der Waals surface area contributed by atoms with Gasteiger partial charge in [0.05, 0.1) is 23.6 Å². The standard InChI is InChI=1S/C25H26FN5O2/c1-30-23(17-5-3-16(4-6-17)15-33-2)22(18-7-8-19(14-27)21(26)13-18)29-24(25(30)32)31-11-9-20(28)10-12-31/h3-8,13,20H,9-12,15,28H2,1-2H3. The van der Waals surface area contributed by atoms with E-state index in [0.717, 1.165) is 24.0 Å². The molecule has 2 N–H and O–H groups in total. The van der Waals surface area contributed by atoms with Gasteiger partial charge in [0.1, 0.15) is 11.9 Å². The lowest BCUT2D eigenvalue weighted by Gasteiger charge is -2.31. The number of ether oxygens (including phenoxy) is 1. The maximum absolute atomic E-state index is 14.5. The molecule has 0 unspecified atom stereocenters. The van der Waals surface area contributed by atoms with Crippen molar-refractivity contribution in [3.63, 3.8) is 0 Å². The van der Waals surface area contributed by atoms with Gasteiger partial charge < -0.3 is 19.9 Å². The zero-order chi connectivity index (χ0) is 23.5. The molecule has 2 heterocycles. The van der Waals surface area contributed by atoms with Gasteiger partial charge in [-0.2, -0.15) is 5.26 Å². The third-order valence-corrected chi connectivity index (χ3v) is 6.01. The number of hydrogen-bond acceptors (Lipinski definition) is 6. The number of rotatable bonds is 5. The van der Waals surface area contributed by atoms with Crippen molar-refractivity contribution in [3.05, 3.63) is 69.8 Å². The maximum Gasteiger partial charge on any atom is 0.293 e. The van der Waals surface area contributed by atoms with E-state index in [4.69, 9.17) is 20.7 Å². The molecule has 1 fully saturated rings. The van der Waals surface area contributed by atoms with Crippen LogP contribution in [0.15, 0.2) is 47.3 Å². The maximum atomic E-state index is 14.5.